The minimum Gasteiger partial charge on any atom is -0.399 e. The van der Waals surface area contributed by atoms with Crippen molar-refractivity contribution in [3.63, 3.8) is 0 Å². The van der Waals surface area contributed by atoms with E-state index in [9.17, 15) is 22.0 Å². The van der Waals surface area contributed by atoms with Crippen molar-refractivity contribution in [1.29, 1.82) is 0 Å². The van der Waals surface area contributed by atoms with Crippen molar-refractivity contribution in [3.05, 3.63) is 23.8 Å². The van der Waals surface area contributed by atoms with Crippen LogP contribution in [0, 0.1) is 11.6 Å². The molecule has 0 heterocycles. The Morgan fingerprint density at radius 1 is 1.35 bits per heavy atom. The summed E-state index contributed by atoms with van der Waals surface area (Å²) in [5.74, 6) is -3.18. The van der Waals surface area contributed by atoms with Crippen LogP contribution in [0.1, 0.15) is 6.92 Å². The van der Waals surface area contributed by atoms with E-state index in [4.69, 9.17) is 5.73 Å². The number of likely N-dealkylation sites (N-methyl/N-ethyl adjacent to an activating group) is 2. The topological polar surface area (TPSA) is 92.5 Å². The lowest BCUT2D eigenvalue weighted by Crippen LogP contribution is -2.40. The van der Waals surface area contributed by atoms with E-state index < -0.39 is 39.0 Å². The number of carbonyl (C=O) groups is 1. The predicted molar refractivity (Wildman–Crippen MR) is 69.3 cm³/mol. The van der Waals surface area contributed by atoms with Crippen LogP contribution in [0.5, 0.6) is 0 Å². The van der Waals surface area contributed by atoms with Crippen LogP contribution in [0.15, 0.2) is 17.0 Å². The fraction of sp³-hybridized carbons (Fsp3) is 0.364. The third-order valence-electron chi connectivity index (χ3n) is 2.57. The van der Waals surface area contributed by atoms with Crippen LogP contribution in [0.2, 0.25) is 0 Å². The first-order valence-corrected chi connectivity index (χ1v) is 7.13. The summed E-state index contributed by atoms with van der Waals surface area (Å²) in [6.45, 7) is 0.811. The average molecular weight is 307 g/mol. The number of sulfonamides is 1. The van der Waals surface area contributed by atoms with Crippen LogP contribution in [0.25, 0.3) is 0 Å². The van der Waals surface area contributed by atoms with Crippen LogP contribution in [0.3, 0.4) is 0 Å². The second-order valence-electron chi connectivity index (χ2n) is 3.92. The maximum Gasteiger partial charge on any atom is 0.249 e. The van der Waals surface area contributed by atoms with Crippen molar-refractivity contribution >= 4 is 21.6 Å². The summed E-state index contributed by atoms with van der Waals surface area (Å²) < 4.78 is 52.4. The van der Waals surface area contributed by atoms with Crippen molar-refractivity contribution in [3.8, 4) is 0 Å². The number of nitrogens with one attached hydrogen (secondary N) is 1. The van der Waals surface area contributed by atoms with Gasteiger partial charge in [0.05, 0.1) is 6.54 Å². The normalized spacial score (nSPS) is 11.7. The number of carbonyl (C=O) groups excluding carboxylic acids is 1. The average Bonchev–Trinajstić information content (AvgIpc) is 2.33. The summed E-state index contributed by atoms with van der Waals surface area (Å²) in [7, 11) is -3.14. The third kappa shape index (κ3) is 3.23. The Hall–Kier alpha value is -1.74. The van der Waals surface area contributed by atoms with E-state index >= 15 is 0 Å². The van der Waals surface area contributed by atoms with Crippen LogP contribution in [0.4, 0.5) is 14.5 Å². The number of amides is 1. The molecular formula is C11H15F2N3O3S. The summed E-state index contributed by atoms with van der Waals surface area (Å²) in [5.41, 5.74) is 5.00. The number of halogens is 2. The molecule has 3 N–H and O–H groups in total. The standard InChI is InChI=1S/C11H15F2N3O3S/c1-3-16(6-10(17)15-2)20(18,19)11-8(12)4-7(14)5-9(11)13/h4-5H,3,6,14H2,1-2H3,(H,15,17). The number of hydrogen-bond donors (Lipinski definition) is 2. The Balaban J connectivity index is 3.31. The zero-order chi connectivity index (χ0) is 15.5. The second kappa shape index (κ2) is 6.14. The monoisotopic (exact) mass is 307 g/mol. The van der Waals surface area contributed by atoms with Crippen LogP contribution in [-0.4, -0.2) is 38.8 Å². The molecule has 0 spiro atoms. The summed E-state index contributed by atoms with van der Waals surface area (Å²) in [4.78, 5) is 10.1. The van der Waals surface area contributed by atoms with Gasteiger partial charge in [-0.25, -0.2) is 17.2 Å². The van der Waals surface area contributed by atoms with Gasteiger partial charge >= 0.3 is 0 Å². The summed E-state index contributed by atoms with van der Waals surface area (Å²) in [6.07, 6.45) is 0. The number of nitrogens with two attached hydrogens (primary N) is 1. The minimum absolute atomic E-state index is 0.112. The SMILES string of the molecule is CCN(CC(=O)NC)S(=O)(=O)c1c(F)cc(N)cc1F. The fourth-order valence-corrected chi connectivity index (χ4v) is 3.06. The molecule has 0 aliphatic heterocycles. The molecular weight excluding hydrogens is 292 g/mol. The zero-order valence-corrected chi connectivity index (χ0v) is 11.8. The lowest BCUT2D eigenvalue weighted by atomic mass is 10.3. The summed E-state index contributed by atoms with van der Waals surface area (Å²) >= 11 is 0. The number of rotatable bonds is 5. The molecule has 0 aliphatic rings. The Labute approximate surface area is 115 Å². The first-order valence-electron chi connectivity index (χ1n) is 5.69. The van der Waals surface area contributed by atoms with E-state index in [2.05, 4.69) is 5.32 Å². The molecule has 0 aromatic heterocycles. The third-order valence-corrected chi connectivity index (χ3v) is 4.54. The maximum atomic E-state index is 13.7. The molecule has 0 aliphatic carbocycles. The minimum atomic E-state index is -4.47. The first kappa shape index (κ1) is 16.3. The van der Waals surface area contributed by atoms with E-state index in [-0.39, 0.29) is 12.2 Å². The van der Waals surface area contributed by atoms with Gasteiger partial charge in [0.15, 0.2) is 4.90 Å². The molecule has 1 amide bonds. The highest BCUT2D eigenvalue weighted by Gasteiger charge is 2.31. The molecule has 1 aromatic carbocycles. The molecule has 0 fully saturated rings. The van der Waals surface area contributed by atoms with E-state index in [1.807, 2.05) is 0 Å². The van der Waals surface area contributed by atoms with Crippen molar-refractivity contribution in [2.45, 2.75) is 11.8 Å². The highest BCUT2D eigenvalue weighted by molar-refractivity contribution is 7.89. The van der Waals surface area contributed by atoms with Gasteiger partial charge in [0, 0.05) is 19.3 Å². The molecule has 112 valence electrons. The molecule has 0 atom stereocenters. The smallest absolute Gasteiger partial charge is 0.249 e. The first-order chi connectivity index (χ1) is 9.23. The number of nitrogens with zero attached hydrogens (tertiary/aromatic N) is 1. The summed E-state index contributed by atoms with van der Waals surface area (Å²) in [5, 5.41) is 2.24. The van der Waals surface area contributed by atoms with Gasteiger partial charge in [-0.05, 0) is 12.1 Å². The van der Waals surface area contributed by atoms with Gasteiger partial charge in [-0.15, -0.1) is 0 Å². The van der Waals surface area contributed by atoms with Crippen LogP contribution in [-0.2, 0) is 14.8 Å². The molecule has 6 nitrogen and oxygen atoms in total. The number of anilines is 1. The van der Waals surface area contributed by atoms with Gasteiger partial charge in [-0.2, -0.15) is 4.31 Å². The maximum absolute atomic E-state index is 13.7. The van der Waals surface area contributed by atoms with Gasteiger partial charge in [0.25, 0.3) is 0 Å². The predicted octanol–water partition coefficient (Wildman–Crippen LogP) is 0.304. The fourth-order valence-electron chi connectivity index (χ4n) is 1.56. The van der Waals surface area contributed by atoms with Gasteiger partial charge in [-0.1, -0.05) is 6.92 Å². The van der Waals surface area contributed by atoms with E-state index in [0.717, 1.165) is 0 Å². The largest absolute Gasteiger partial charge is 0.399 e. The Morgan fingerprint density at radius 2 is 1.85 bits per heavy atom. The molecule has 0 radical (unpaired) electrons. The van der Waals surface area contributed by atoms with Gasteiger partial charge < -0.3 is 11.1 Å². The van der Waals surface area contributed by atoms with Crippen molar-refractivity contribution in [1.82, 2.24) is 9.62 Å². The lowest BCUT2D eigenvalue weighted by Gasteiger charge is -2.20. The van der Waals surface area contributed by atoms with Crippen molar-refractivity contribution in [2.75, 3.05) is 25.9 Å². The highest BCUT2D eigenvalue weighted by Crippen LogP contribution is 2.24. The highest BCUT2D eigenvalue weighted by atomic mass is 32.2. The molecule has 20 heavy (non-hydrogen) atoms. The van der Waals surface area contributed by atoms with Gasteiger partial charge in [0.1, 0.15) is 11.6 Å². The van der Waals surface area contributed by atoms with Crippen molar-refractivity contribution < 1.29 is 22.0 Å². The van der Waals surface area contributed by atoms with E-state index in [0.29, 0.717) is 16.4 Å². The van der Waals surface area contributed by atoms with E-state index in [1.54, 1.807) is 0 Å². The Kier molecular flexibility index (Phi) is 5.01. The number of hydrogen-bond acceptors (Lipinski definition) is 4. The van der Waals surface area contributed by atoms with Gasteiger partial charge in [-0.3, -0.25) is 4.79 Å². The second-order valence-corrected chi connectivity index (χ2v) is 5.79. The summed E-state index contributed by atoms with van der Waals surface area (Å²) in [6, 6.07) is 1.42. The molecule has 0 unspecified atom stereocenters. The Bertz CT molecular complexity index is 596. The molecule has 0 bridgehead atoms. The van der Waals surface area contributed by atoms with E-state index in [1.165, 1.54) is 14.0 Å². The molecule has 1 rings (SSSR count). The number of benzene rings is 1. The molecule has 1 aromatic rings. The molecule has 9 heteroatoms. The van der Waals surface area contributed by atoms with Crippen LogP contribution < -0.4 is 11.1 Å². The zero-order valence-electron chi connectivity index (χ0n) is 11.0. The van der Waals surface area contributed by atoms with Gasteiger partial charge in [0.2, 0.25) is 15.9 Å². The quantitative estimate of drug-likeness (QED) is 0.765. The Morgan fingerprint density at radius 3 is 2.25 bits per heavy atom. The van der Waals surface area contributed by atoms with Crippen molar-refractivity contribution in [2.24, 2.45) is 0 Å². The lowest BCUT2D eigenvalue weighted by molar-refractivity contribution is -0.120. The number of nitrogen functional groups attached to an aromatic ring is 1. The van der Waals surface area contributed by atoms with Crippen LogP contribution >= 0.6 is 0 Å². The molecule has 0 saturated heterocycles. The molecule has 0 saturated carbocycles.